The number of carbonyl (C=O) groups is 1. The molecule has 0 aliphatic heterocycles. The van der Waals surface area contributed by atoms with Crippen molar-refractivity contribution in [2.45, 2.75) is 6.04 Å². The molecule has 1 atom stereocenters. The zero-order valence-electron chi connectivity index (χ0n) is 12.3. The Morgan fingerprint density at radius 3 is 2.58 bits per heavy atom. The van der Waals surface area contributed by atoms with E-state index < -0.39 is 11.9 Å². The fraction of sp³-hybridized carbons (Fsp3) is 0.0588. The molecule has 0 aliphatic rings. The van der Waals surface area contributed by atoms with Gasteiger partial charge >= 0.3 is 0 Å². The molecule has 7 nitrogen and oxygen atoms in total. The number of amides is 1. The number of phenolic OH excluding ortho intramolecular Hbond substituents is 1. The van der Waals surface area contributed by atoms with Gasteiger partial charge in [-0.05, 0) is 29.8 Å². The van der Waals surface area contributed by atoms with Crippen molar-refractivity contribution < 1.29 is 19.8 Å². The van der Waals surface area contributed by atoms with E-state index in [1.807, 2.05) is 0 Å². The number of hydrogen-bond acceptors (Lipinski definition) is 6. The van der Waals surface area contributed by atoms with Gasteiger partial charge in [-0.1, -0.05) is 12.1 Å². The molecule has 2 heterocycles. The van der Waals surface area contributed by atoms with Crippen LogP contribution in [-0.4, -0.2) is 32.4 Å². The van der Waals surface area contributed by atoms with Gasteiger partial charge in [0.05, 0.1) is 5.52 Å². The van der Waals surface area contributed by atoms with Crippen LogP contribution in [-0.2, 0) is 4.79 Å². The Kier molecular flexibility index (Phi) is 4.07. The number of hydrogen-bond donors (Lipinski definition) is 3. The summed E-state index contributed by atoms with van der Waals surface area (Å²) in [7, 11) is 0. The molecule has 1 unspecified atom stereocenters. The molecule has 2 aromatic heterocycles. The van der Waals surface area contributed by atoms with Gasteiger partial charge in [0.1, 0.15) is 22.9 Å². The second-order valence-corrected chi connectivity index (χ2v) is 5.01. The number of aromatic hydroxyl groups is 2. The van der Waals surface area contributed by atoms with Crippen molar-refractivity contribution in [3.05, 3.63) is 59.9 Å². The summed E-state index contributed by atoms with van der Waals surface area (Å²) in [5.74, 6) is -0.959. The maximum atomic E-state index is 12.4. The van der Waals surface area contributed by atoms with Gasteiger partial charge in [-0.25, -0.2) is 0 Å². The minimum atomic E-state index is -1.04. The summed E-state index contributed by atoms with van der Waals surface area (Å²) in [4.78, 5) is 31.6. The van der Waals surface area contributed by atoms with Gasteiger partial charge in [-0.15, -0.1) is 0 Å². The van der Waals surface area contributed by atoms with Gasteiger partial charge in [0.25, 0.3) is 5.91 Å². The van der Waals surface area contributed by atoms with E-state index in [1.54, 1.807) is 18.4 Å². The molecule has 0 fully saturated rings. The summed E-state index contributed by atoms with van der Waals surface area (Å²) in [6.45, 7) is 0. The Hall–Kier alpha value is -3.48. The molecule has 3 aromatic rings. The molecule has 1 amide bonds. The largest absolute Gasteiger partial charge is 0.508 e. The highest BCUT2D eigenvalue weighted by Gasteiger charge is 2.20. The number of benzene rings is 1. The highest BCUT2D eigenvalue weighted by atomic mass is 16.3. The minimum Gasteiger partial charge on any atom is -0.508 e. The zero-order valence-corrected chi connectivity index (χ0v) is 12.3. The van der Waals surface area contributed by atoms with Crippen molar-refractivity contribution in [2.24, 2.45) is 0 Å². The van der Waals surface area contributed by atoms with Crippen LogP contribution >= 0.6 is 0 Å². The Balaban J connectivity index is 1.90. The Morgan fingerprint density at radius 2 is 1.88 bits per heavy atom. The number of nitrogens with one attached hydrogen (secondary N) is 1. The fourth-order valence-electron chi connectivity index (χ4n) is 2.23. The van der Waals surface area contributed by atoms with Gasteiger partial charge in [-0.2, -0.15) is 0 Å². The van der Waals surface area contributed by atoms with Crippen molar-refractivity contribution in [2.75, 3.05) is 0 Å². The third-order valence-electron chi connectivity index (χ3n) is 3.46. The topological polar surface area (TPSA) is 112 Å². The lowest BCUT2D eigenvalue weighted by molar-refractivity contribution is 0.0943. The van der Waals surface area contributed by atoms with Crippen LogP contribution in [0.4, 0.5) is 0 Å². The monoisotopic (exact) mass is 322 g/mol. The van der Waals surface area contributed by atoms with E-state index in [9.17, 15) is 19.8 Å². The number of carbonyl (C=O) groups excluding carboxylic acids is 2. The number of fused-ring (bicyclic) bond motifs is 1. The standard InChI is InChI=1S/C17H12N3O4/c21-9-14(10-3-5-11(22)6-4-10)20-17(24)12-8-19-13-2-1-7-18-15(13)16(12)23/h1-8,14,22H,(H,19,23)(H,20,24). The number of nitrogens with zero attached hydrogens (tertiary/aromatic N) is 2. The van der Waals surface area contributed by atoms with Gasteiger partial charge in [0.2, 0.25) is 6.29 Å². The molecule has 0 spiro atoms. The van der Waals surface area contributed by atoms with E-state index in [0.717, 1.165) is 0 Å². The molecule has 0 saturated heterocycles. The SMILES string of the molecule is O=[C]C(NC(=O)c1cnc2cccnc2c1O)c1ccc(O)cc1. The van der Waals surface area contributed by atoms with Crippen molar-refractivity contribution in [3.8, 4) is 11.5 Å². The number of rotatable bonds is 4. The average molecular weight is 322 g/mol. The molecular formula is C17H12N3O4. The molecule has 0 aliphatic carbocycles. The van der Waals surface area contributed by atoms with Gasteiger partial charge in [0.15, 0.2) is 5.75 Å². The van der Waals surface area contributed by atoms with Gasteiger partial charge in [0, 0.05) is 12.4 Å². The summed E-state index contributed by atoms with van der Waals surface area (Å²) in [6, 6.07) is 8.04. The summed E-state index contributed by atoms with van der Waals surface area (Å²) in [6.07, 6.45) is 4.41. The summed E-state index contributed by atoms with van der Waals surface area (Å²) in [5, 5.41) is 21.9. The van der Waals surface area contributed by atoms with Crippen LogP contribution in [0, 0.1) is 0 Å². The van der Waals surface area contributed by atoms with Crippen molar-refractivity contribution in [3.63, 3.8) is 0 Å². The second-order valence-electron chi connectivity index (χ2n) is 5.01. The van der Waals surface area contributed by atoms with Crippen molar-refractivity contribution in [1.29, 1.82) is 0 Å². The normalized spacial score (nSPS) is 11.8. The maximum Gasteiger partial charge on any atom is 0.257 e. The van der Waals surface area contributed by atoms with Gasteiger partial charge in [-0.3, -0.25) is 19.6 Å². The molecule has 0 saturated carbocycles. The zero-order chi connectivity index (χ0) is 17.1. The first kappa shape index (κ1) is 15.4. The number of aromatic nitrogens is 2. The Labute approximate surface area is 136 Å². The van der Waals surface area contributed by atoms with Crippen LogP contribution in [0.15, 0.2) is 48.8 Å². The lowest BCUT2D eigenvalue weighted by atomic mass is 10.1. The minimum absolute atomic E-state index is 0.0390. The predicted octanol–water partition coefficient (Wildman–Crippen LogP) is 1.62. The Bertz CT molecular complexity index is 909. The van der Waals surface area contributed by atoms with Crippen LogP contribution < -0.4 is 5.32 Å². The summed E-state index contributed by atoms with van der Waals surface area (Å²) in [5.41, 5.74) is 0.993. The first-order valence-electron chi connectivity index (χ1n) is 7.00. The van der Waals surface area contributed by atoms with Crippen LogP contribution in [0.2, 0.25) is 0 Å². The molecular weight excluding hydrogens is 310 g/mol. The van der Waals surface area contributed by atoms with Crippen molar-refractivity contribution >= 4 is 23.2 Å². The molecule has 119 valence electrons. The third kappa shape index (κ3) is 2.87. The average Bonchev–Trinajstić information content (AvgIpc) is 2.61. The lowest BCUT2D eigenvalue weighted by Gasteiger charge is -2.13. The van der Waals surface area contributed by atoms with Crippen LogP contribution in [0.1, 0.15) is 22.0 Å². The maximum absolute atomic E-state index is 12.4. The molecule has 0 bridgehead atoms. The predicted molar refractivity (Wildman–Crippen MR) is 85.2 cm³/mol. The summed E-state index contributed by atoms with van der Waals surface area (Å²) < 4.78 is 0. The molecule has 3 N–H and O–H groups in total. The van der Waals surface area contributed by atoms with E-state index in [4.69, 9.17) is 0 Å². The summed E-state index contributed by atoms with van der Waals surface area (Å²) >= 11 is 0. The van der Waals surface area contributed by atoms with Crippen molar-refractivity contribution in [1.82, 2.24) is 15.3 Å². The third-order valence-corrected chi connectivity index (χ3v) is 3.46. The first-order chi connectivity index (χ1) is 11.6. The van der Waals surface area contributed by atoms with E-state index in [-0.39, 0.29) is 22.6 Å². The van der Waals surface area contributed by atoms with E-state index in [1.165, 1.54) is 36.7 Å². The second kappa shape index (κ2) is 6.33. The van der Waals surface area contributed by atoms with E-state index in [2.05, 4.69) is 15.3 Å². The number of pyridine rings is 2. The number of phenols is 1. The van der Waals surface area contributed by atoms with Crippen LogP contribution in [0.3, 0.4) is 0 Å². The van der Waals surface area contributed by atoms with Crippen LogP contribution in [0.5, 0.6) is 11.5 Å². The lowest BCUT2D eigenvalue weighted by Crippen LogP contribution is -2.29. The van der Waals surface area contributed by atoms with Gasteiger partial charge < -0.3 is 15.5 Å². The van der Waals surface area contributed by atoms with E-state index in [0.29, 0.717) is 11.1 Å². The molecule has 1 aromatic carbocycles. The Morgan fingerprint density at radius 1 is 1.12 bits per heavy atom. The highest BCUT2D eigenvalue weighted by Crippen LogP contribution is 2.25. The molecule has 24 heavy (non-hydrogen) atoms. The van der Waals surface area contributed by atoms with E-state index >= 15 is 0 Å². The fourth-order valence-corrected chi connectivity index (χ4v) is 2.23. The quantitative estimate of drug-likeness (QED) is 0.673. The van der Waals surface area contributed by atoms with Crippen LogP contribution in [0.25, 0.3) is 11.0 Å². The smallest absolute Gasteiger partial charge is 0.257 e. The first-order valence-corrected chi connectivity index (χ1v) is 7.00. The molecule has 1 radical (unpaired) electrons. The molecule has 7 heteroatoms. The molecule has 3 rings (SSSR count). The highest BCUT2D eigenvalue weighted by molar-refractivity contribution is 6.02.